The average Bonchev–Trinajstić information content (AvgIpc) is 2.83. The number of amides is 1. The minimum atomic E-state index is -0.760. The second-order valence-electron chi connectivity index (χ2n) is 7.13. The van der Waals surface area contributed by atoms with Crippen molar-refractivity contribution in [2.75, 3.05) is 19.5 Å². The van der Waals surface area contributed by atoms with Crippen LogP contribution in [0, 0.1) is 19.3 Å². The Labute approximate surface area is 160 Å². The molecular weight excluding hydrogens is 356 g/mol. The molecular formula is C19H29ClN2O4. The third-order valence-corrected chi connectivity index (χ3v) is 5.59. The molecule has 26 heavy (non-hydrogen) atoms. The number of hydrogen-bond donors (Lipinski definition) is 0. The Hall–Kier alpha value is -1.82. The highest BCUT2D eigenvalue weighted by Gasteiger charge is 2.37. The summed E-state index contributed by atoms with van der Waals surface area (Å²) >= 11 is 5.93. The molecule has 0 aliphatic rings. The first-order chi connectivity index (χ1) is 12.0. The van der Waals surface area contributed by atoms with Gasteiger partial charge in [-0.25, -0.2) is 4.79 Å². The van der Waals surface area contributed by atoms with Crippen LogP contribution in [0.5, 0.6) is 0 Å². The molecule has 0 saturated heterocycles. The number of carbonyl (C=O) groups excluding carboxylic acids is 3. The molecule has 7 heteroatoms. The van der Waals surface area contributed by atoms with E-state index in [2.05, 4.69) is 0 Å². The molecule has 1 atom stereocenters. The zero-order chi connectivity index (χ0) is 20.4. The molecule has 0 fully saturated rings. The van der Waals surface area contributed by atoms with Gasteiger partial charge in [0.1, 0.15) is 5.69 Å². The number of likely N-dealkylation sites (N-methyl/N-ethyl adjacent to an activating group) is 1. The molecule has 0 bridgehead atoms. The van der Waals surface area contributed by atoms with Gasteiger partial charge in [-0.05, 0) is 47.1 Å². The first-order valence-corrected chi connectivity index (χ1v) is 9.15. The average molecular weight is 385 g/mol. The fourth-order valence-corrected chi connectivity index (χ4v) is 3.23. The summed E-state index contributed by atoms with van der Waals surface area (Å²) in [4.78, 5) is 39.6. The van der Waals surface area contributed by atoms with E-state index in [4.69, 9.17) is 16.3 Å². The van der Waals surface area contributed by atoms with Gasteiger partial charge in [-0.2, -0.15) is 0 Å². The Morgan fingerprint density at radius 2 is 1.81 bits per heavy atom. The van der Waals surface area contributed by atoms with Gasteiger partial charge in [0.25, 0.3) is 0 Å². The van der Waals surface area contributed by atoms with E-state index in [9.17, 15) is 14.4 Å². The van der Waals surface area contributed by atoms with Crippen LogP contribution >= 0.6 is 11.6 Å². The van der Waals surface area contributed by atoms with Gasteiger partial charge in [0.15, 0.2) is 5.78 Å². The van der Waals surface area contributed by atoms with Gasteiger partial charge < -0.3 is 14.2 Å². The summed E-state index contributed by atoms with van der Waals surface area (Å²) in [7, 11) is 3.02. The van der Waals surface area contributed by atoms with E-state index in [1.807, 2.05) is 6.92 Å². The normalized spacial score (nSPS) is 12.7. The number of ketones is 1. The topological polar surface area (TPSA) is 68.6 Å². The number of alkyl halides is 1. The zero-order valence-corrected chi connectivity index (χ0v) is 17.7. The molecule has 0 spiro atoms. The minimum absolute atomic E-state index is 0.166. The van der Waals surface area contributed by atoms with E-state index in [-0.39, 0.29) is 17.6 Å². The second kappa shape index (κ2) is 8.25. The summed E-state index contributed by atoms with van der Waals surface area (Å²) in [5.41, 5.74) is 1.27. The van der Waals surface area contributed by atoms with E-state index < -0.39 is 17.4 Å². The number of carbonyl (C=O) groups is 3. The Morgan fingerprint density at radius 1 is 1.27 bits per heavy atom. The largest absolute Gasteiger partial charge is 0.464 e. The lowest BCUT2D eigenvalue weighted by molar-refractivity contribution is -0.140. The summed E-state index contributed by atoms with van der Waals surface area (Å²) in [6.07, 6.45) is 0. The van der Waals surface area contributed by atoms with Crippen molar-refractivity contribution in [2.24, 2.45) is 12.5 Å². The molecule has 146 valence electrons. The lowest BCUT2D eigenvalue weighted by Crippen LogP contribution is -2.49. The first kappa shape index (κ1) is 22.2. The van der Waals surface area contributed by atoms with Crippen LogP contribution in [0.1, 0.15) is 59.8 Å². The van der Waals surface area contributed by atoms with Crippen molar-refractivity contribution in [1.82, 2.24) is 9.47 Å². The summed E-state index contributed by atoms with van der Waals surface area (Å²) in [6, 6.07) is -0.666. The Kier molecular flexibility index (Phi) is 7.05. The molecule has 1 amide bonds. The third-order valence-electron chi connectivity index (χ3n) is 4.92. The van der Waals surface area contributed by atoms with E-state index in [1.54, 1.807) is 46.2 Å². The lowest BCUT2D eigenvalue weighted by Gasteiger charge is -2.33. The highest BCUT2D eigenvalue weighted by atomic mass is 35.5. The molecule has 0 radical (unpaired) electrons. The maximum Gasteiger partial charge on any atom is 0.354 e. The van der Waals surface area contributed by atoms with Crippen LogP contribution in [-0.4, -0.2) is 52.7 Å². The number of aromatic nitrogens is 1. The predicted molar refractivity (Wildman–Crippen MR) is 102 cm³/mol. The molecule has 6 nitrogen and oxygen atoms in total. The van der Waals surface area contributed by atoms with Gasteiger partial charge in [-0.1, -0.05) is 0 Å². The number of methoxy groups -OCH3 is 1. The third kappa shape index (κ3) is 3.80. The van der Waals surface area contributed by atoms with Crippen molar-refractivity contribution < 1.29 is 19.1 Å². The monoisotopic (exact) mass is 384 g/mol. The summed E-state index contributed by atoms with van der Waals surface area (Å²) in [5.74, 6) is -0.702. The lowest BCUT2D eigenvalue weighted by atomic mass is 9.92. The molecule has 0 saturated carbocycles. The van der Waals surface area contributed by atoms with Gasteiger partial charge in [0, 0.05) is 30.7 Å². The molecule has 0 aromatic carbocycles. The van der Waals surface area contributed by atoms with Crippen molar-refractivity contribution in [1.29, 1.82) is 0 Å². The van der Waals surface area contributed by atoms with Crippen LogP contribution in [0.3, 0.4) is 0 Å². The SMILES string of the molecule is CCN(C(=O)C(C)(C)CCl)C(C)C(=O)c1c(C)c(C(=O)OC)n(C)c1C. The number of rotatable bonds is 7. The number of esters is 1. The van der Waals surface area contributed by atoms with Crippen molar-refractivity contribution in [3.8, 4) is 0 Å². The van der Waals surface area contributed by atoms with E-state index in [1.165, 1.54) is 12.0 Å². The van der Waals surface area contributed by atoms with Crippen LogP contribution in [-0.2, 0) is 16.6 Å². The van der Waals surface area contributed by atoms with Gasteiger partial charge in [0.05, 0.1) is 18.6 Å². The fraction of sp³-hybridized carbons (Fsp3) is 0.632. The first-order valence-electron chi connectivity index (χ1n) is 8.61. The number of hydrogen-bond acceptors (Lipinski definition) is 4. The molecule has 0 aliphatic carbocycles. The van der Waals surface area contributed by atoms with Crippen LogP contribution in [0.2, 0.25) is 0 Å². The molecule has 1 rings (SSSR count). The number of ether oxygens (including phenoxy) is 1. The predicted octanol–water partition coefficient (Wildman–Crippen LogP) is 3.11. The fourth-order valence-electron chi connectivity index (χ4n) is 3.12. The van der Waals surface area contributed by atoms with Gasteiger partial charge in [-0.15, -0.1) is 11.6 Å². The molecule has 1 heterocycles. The summed E-state index contributed by atoms with van der Waals surface area (Å²) in [6.45, 7) is 10.9. The number of Topliss-reactive ketones (excluding diaryl/α,β-unsaturated/α-hetero) is 1. The molecule has 0 N–H and O–H groups in total. The summed E-state index contributed by atoms with van der Waals surface area (Å²) in [5, 5.41) is 0. The Bertz CT molecular complexity index is 722. The highest BCUT2D eigenvalue weighted by Crippen LogP contribution is 2.27. The Morgan fingerprint density at radius 3 is 2.23 bits per heavy atom. The van der Waals surface area contributed by atoms with Gasteiger partial charge in [0.2, 0.25) is 5.91 Å². The second-order valence-corrected chi connectivity index (χ2v) is 7.40. The van der Waals surface area contributed by atoms with Crippen molar-refractivity contribution >= 4 is 29.3 Å². The van der Waals surface area contributed by atoms with E-state index in [0.717, 1.165) is 0 Å². The maximum absolute atomic E-state index is 13.2. The van der Waals surface area contributed by atoms with Crippen molar-refractivity contribution in [2.45, 2.75) is 47.6 Å². The van der Waals surface area contributed by atoms with E-state index >= 15 is 0 Å². The van der Waals surface area contributed by atoms with Crippen LogP contribution in [0.4, 0.5) is 0 Å². The molecule has 1 aromatic heterocycles. The van der Waals surface area contributed by atoms with Crippen molar-refractivity contribution in [3.63, 3.8) is 0 Å². The molecule has 1 aromatic rings. The maximum atomic E-state index is 13.2. The standard InChI is InChI=1S/C19H29ClN2O4/c1-9-22(18(25)19(5,6)10-20)13(4)16(23)14-11(2)15(17(24)26-8)21(7)12(14)3/h13H,9-10H2,1-8H3. The highest BCUT2D eigenvalue weighted by molar-refractivity contribution is 6.20. The summed E-state index contributed by atoms with van der Waals surface area (Å²) < 4.78 is 6.48. The minimum Gasteiger partial charge on any atom is -0.464 e. The van der Waals surface area contributed by atoms with Crippen LogP contribution in [0.15, 0.2) is 0 Å². The number of halogens is 1. The molecule has 0 aliphatic heterocycles. The molecule has 1 unspecified atom stereocenters. The van der Waals surface area contributed by atoms with Crippen LogP contribution in [0.25, 0.3) is 0 Å². The van der Waals surface area contributed by atoms with Crippen molar-refractivity contribution in [3.05, 3.63) is 22.5 Å². The van der Waals surface area contributed by atoms with Gasteiger partial charge in [-0.3, -0.25) is 9.59 Å². The quantitative estimate of drug-likeness (QED) is 0.411. The number of nitrogens with zero attached hydrogens (tertiary/aromatic N) is 2. The smallest absolute Gasteiger partial charge is 0.354 e. The van der Waals surface area contributed by atoms with Crippen LogP contribution < -0.4 is 0 Å². The van der Waals surface area contributed by atoms with Gasteiger partial charge >= 0.3 is 5.97 Å². The van der Waals surface area contributed by atoms with E-state index in [0.29, 0.717) is 29.1 Å². The zero-order valence-electron chi connectivity index (χ0n) is 16.9. The Balaban J connectivity index is 3.35.